The summed E-state index contributed by atoms with van der Waals surface area (Å²) >= 11 is 0. The van der Waals surface area contributed by atoms with Crippen molar-refractivity contribution in [3.05, 3.63) is 12.1 Å². The summed E-state index contributed by atoms with van der Waals surface area (Å²) in [5.41, 5.74) is 5.84. The number of hydrogen-bond donors (Lipinski definition) is 2. The fraction of sp³-hybridized carbons (Fsp3) is 0.654. The lowest BCUT2D eigenvalue weighted by Crippen LogP contribution is -2.37. The maximum absolute atomic E-state index is 10.7. The van der Waals surface area contributed by atoms with Gasteiger partial charge in [0.25, 0.3) is 0 Å². The molecule has 1 aromatic carbocycles. The Labute approximate surface area is 219 Å². The molecule has 2 saturated heterocycles. The maximum Gasteiger partial charge on any atom is 0.404 e. The van der Waals surface area contributed by atoms with Gasteiger partial charge >= 0.3 is 6.09 Å². The highest BCUT2D eigenvalue weighted by molar-refractivity contribution is 5.93. The number of anilines is 2. The summed E-state index contributed by atoms with van der Waals surface area (Å²) in [6.07, 6.45) is 3.85. The molecule has 2 aliphatic heterocycles. The smallest absolute Gasteiger partial charge is 0.404 e. The van der Waals surface area contributed by atoms with E-state index in [-0.39, 0.29) is 6.61 Å². The predicted octanol–water partition coefficient (Wildman–Crippen LogP) is 2.54. The number of likely N-dealkylation sites (tertiary alicyclic amines) is 1. The molecule has 0 aliphatic carbocycles. The van der Waals surface area contributed by atoms with Crippen LogP contribution < -0.4 is 25.4 Å². The van der Waals surface area contributed by atoms with Gasteiger partial charge in [0.2, 0.25) is 5.95 Å². The van der Waals surface area contributed by atoms with Crippen molar-refractivity contribution in [3.8, 4) is 11.5 Å². The summed E-state index contributed by atoms with van der Waals surface area (Å²) in [5, 5.41) is 4.66. The molecule has 0 atom stereocenters. The summed E-state index contributed by atoms with van der Waals surface area (Å²) < 4.78 is 16.5. The molecule has 2 aromatic rings. The number of primary amides is 1. The molecule has 3 N–H and O–H groups in total. The van der Waals surface area contributed by atoms with Crippen molar-refractivity contribution in [2.24, 2.45) is 5.73 Å². The molecule has 0 spiro atoms. The summed E-state index contributed by atoms with van der Waals surface area (Å²) in [6, 6.07) is 4.28. The third-order valence-corrected chi connectivity index (χ3v) is 7.07. The minimum atomic E-state index is -0.756. The van der Waals surface area contributed by atoms with Crippen LogP contribution in [-0.4, -0.2) is 106 Å². The third kappa shape index (κ3) is 7.48. The second-order valence-corrected chi connectivity index (χ2v) is 9.98. The number of aromatic nitrogens is 2. The second kappa shape index (κ2) is 13.0. The maximum atomic E-state index is 10.7. The van der Waals surface area contributed by atoms with Gasteiger partial charge in [0.1, 0.15) is 5.82 Å². The number of piperidine rings is 1. The van der Waals surface area contributed by atoms with E-state index in [1.54, 1.807) is 7.11 Å². The van der Waals surface area contributed by atoms with Gasteiger partial charge in [-0.2, -0.15) is 4.98 Å². The van der Waals surface area contributed by atoms with E-state index < -0.39 is 6.09 Å². The zero-order chi connectivity index (χ0) is 26.2. The first kappa shape index (κ1) is 27.0. The predicted molar refractivity (Wildman–Crippen MR) is 145 cm³/mol. The Morgan fingerprint density at radius 3 is 2.51 bits per heavy atom. The van der Waals surface area contributed by atoms with Crippen molar-refractivity contribution in [2.75, 3.05) is 83.9 Å². The average molecular weight is 516 g/mol. The summed E-state index contributed by atoms with van der Waals surface area (Å²) in [4.78, 5) is 27.8. The Bertz CT molecular complexity index is 1050. The summed E-state index contributed by atoms with van der Waals surface area (Å²) in [5.74, 6) is 2.87. The van der Waals surface area contributed by atoms with E-state index in [4.69, 9.17) is 29.9 Å². The molecule has 2 fully saturated rings. The Morgan fingerprint density at radius 1 is 1.00 bits per heavy atom. The van der Waals surface area contributed by atoms with E-state index in [0.717, 1.165) is 81.2 Å². The average Bonchev–Trinajstić information content (AvgIpc) is 3.11. The molecule has 3 heterocycles. The number of nitrogens with one attached hydrogen (secondary N) is 1. The molecule has 37 heavy (non-hydrogen) atoms. The van der Waals surface area contributed by atoms with Gasteiger partial charge in [0.15, 0.2) is 11.5 Å². The number of ether oxygens (including phenoxy) is 3. The van der Waals surface area contributed by atoms with Gasteiger partial charge in [-0.05, 0) is 71.9 Å². The molecule has 11 heteroatoms. The molecule has 4 rings (SSSR count). The van der Waals surface area contributed by atoms with Gasteiger partial charge in [-0.25, -0.2) is 9.78 Å². The summed E-state index contributed by atoms with van der Waals surface area (Å²) in [7, 11) is 5.97. The second-order valence-electron chi connectivity index (χ2n) is 9.98. The van der Waals surface area contributed by atoms with Crippen molar-refractivity contribution in [2.45, 2.75) is 38.1 Å². The number of amides is 1. The van der Waals surface area contributed by atoms with Crippen LogP contribution in [-0.2, 0) is 4.74 Å². The zero-order valence-electron chi connectivity index (χ0n) is 22.4. The number of methoxy groups -OCH3 is 1. The normalized spacial score (nSPS) is 18.0. The minimum Gasteiger partial charge on any atom is -0.493 e. The van der Waals surface area contributed by atoms with E-state index in [0.29, 0.717) is 37.0 Å². The van der Waals surface area contributed by atoms with Crippen LogP contribution in [0, 0.1) is 0 Å². The highest BCUT2D eigenvalue weighted by Gasteiger charge is 2.22. The Kier molecular flexibility index (Phi) is 9.45. The first-order valence-electron chi connectivity index (χ1n) is 13.3. The zero-order valence-corrected chi connectivity index (χ0v) is 22.4. The van der Waals surface area contributed by atoms with Crippen LogP contribution in [0.5, 0.6) is 11.5 Å². The van der Waals surface area contributed by atoms with Gasteiger partial charge in [-0.15, -0.1) is 0 Å². The van der Waals surface area contributed by atoms with Crippen LogP contribution in [0.4, 0.5) is 16.6 Å². The van der Waals surface area contributed by atoms with E-state index >= 15 is 0 Å². The van der Waals surface area contributed by atoms with E-state index in [1.165, 1.54) is 0 Å². The molecule has 1 aromatic heterocycles. The number of benzene rings is 1. The van der Waals surface area contributed by atoms with Gasteiger partial charge in [0.05, 0.1) is 25.8 Å². The molecule has 0 unspecified atom stereocenters. The van der Waals surface area contributed by atoms with Crippen molar-refractivity contribution in [3.63, 3.8) is 0 Å². The van der Waals surface area contributed by atoms with Crippen LogP contribution in [0.15, 0.2) is 12.1 Å². The fourth-order valence-electron chi connectivity index (χ4n) is 4.80. The molecule has 11 nitrogen and oxygen atoms in total. The Balaban J connectivity index is 1.59. The van der Waals surface area contributed by atoms with Crippen LogP contribution in [0.1, 0.15) is 32.1 Å². The fourth-order valence-corrected chi connectivity index (χ4v) is 4.80. The van der Waals surface area contributed by atoms with Gasteiger partial charge in [-0.1, -0.05) is 0 Å². The van der Waals surface area contributed by atoms with Crippen molar-refractivity contribution < 1.29 is 19.0 Å². The number of unbranched alkanes of at least 4 members (excludes halogenated alkanes) is 1. The monoisotopic (exact) mass is 515 g/mol. The number of nitrogens with zero attached hydrogens (tertiary/aromatic N) is 5. The van der Waals surface area contributed by atoms with Crippen LogP contribution in [0.3, 0.4) is 0 Å². The number of carbonyl (C=O) groups is 1. The number of rotatable bonds is 10. The molecule has 204 valence electrons. The first-order chi connectivity index (χ1) is 17.9. The van der Waals surface area contributed by atoms with Gasteiger partial charge in [-0.3, -0.25) is 0 Å². The number of fused-ring (bicyclic) bond motifs is 1. The van der Waals surface area contributed by atoms with E-state index in [1.807, 2.05) is 12.1 Å². The molecule has 0 saturated carbocycles. The van der Waals surface area contributed by atoms with Gasteiger partial charge in [0, 0.05) is 37.1 Å². The highest BCUT2D eigenvalue weighted by Crippen LogP contribution is 2.36. The van der Waals surface area contributed by atoms with Crippen molar-refractivity contribution in [1.82, 2.24) is 19.8 Å². The van der Waals surface area contributed by atoms with E-state index in [2.05, 4.69) is 34.1 Å². The van der Waals surface area contributed by atoms with Gasteiger partial charge < -0.3 is 40.0 Å². The quantitative estimate of drug-likeness (QED) is 0.457. The minimum absolute atomic E-state index is 0.279. The lowest BCUT2D eigenvalue weighted by atomic mass is 10.1. The van der Waals surface area contributed by atoms with Crippen LogP contribution >= 0.6 is 0 Å². The number of hydrogen-bond acceptors (Lipinski definition) is 10. The van der Waals surface area contributed by atoms with Crippen molar-refractivity contribution >= 4 is 28.8 Å². The molecule has 0 bridgehead atoms. The topological polar surface area (TPSA) is 118 Å². The Hall–Kier alpha value is -3.05. The standard InChI is InChI=1S/C26H41N7O4/c1-31-9-6-10-33(14-13-31)26-29-21-18-23(36-15-4-5-16-37-25(27)34)22(35-3)17-20(21)24(30-26)28-19-7-11-32(2)12-8-19/h17-19H,4-16H2,1-3H3,(H2,27,34)(H,28,29,30). The number of likely N-dealkylation sites (N-methyl/N-ethyl adjacent to an activating group) is 1. The Morgan fingerprint density at radius 2 is 1.76 bits per heavy atom. The van der Waals surface area contributed by atoms with E-state index in [9.17, 15) is 4.79 Å². The molecule has 2 aliphatic rings. The third-order valence-electron chi connectivity index (χ3n) is 7.07. The first-order valence-corrected chi connectivity index (χ1v) is 13.3. The summed E-state index contributed by atoms with van der Waals surface area (Å²) in [6.45, 7) is 6.75. The van der Waals surface area contributed by atoms with Crippen LogP contribution in [0.2, 0.25) is 0 Å². The molecule has 0 radical (unpaired) electrons. The number of nitrogens with two attached hydrogens (primary N) is 1. The van der Waals surface area contributed by atoms with Crippen molar-refractivity contribution in [1.29, 1.82) is 0 Å². The SMILES string of the molecule is COc1cc2c(NC3CCN(C)CC3)nc(N3CCCN(C)CC3)nc2cc1OCCCCOC(N)=O. The lowest BCUT2D eigenvalue weighted by Gasteiger charge is -2.30. The molecular formula is C26H41N7O4. The van der Waals surface area contributed by atoms with Crippen LogP contribution in [0.25, 0.3) is 10.9 Å². The number of carbonyl (C=O) groups excluding carboxylic acids is 1. The largest absolute Gasteiger partial charge is 0.493 e. The molecule has 1 amide bonds. The lowest BCUT2D eigenvalue weighted by molar-refractivity contribution is 0.151. The molecular weight excluding hydrogens is 474 g/mol. The highest BCUT2D eigenvalue weighted by atomic mass is 16.5.